The van der Waals surface area contributed by atoms with Crippen LogP contribution in [0.4, 0.5) is 0 Å². The maximum absolute atomic E-state index is 12.7. The van der Waals surface area contributed by atoms with Gasteiger partial charge in [0.2, 0.25) is 10.0 Å². The summed E-state index contributed by atoms with van der Waals surface area (Å²) in [6.45, 7) is 0.532. The van der Waals surface area contributed by atoms with E-state index >= 15 is 0 Å². The Morgan fingerprint density at radius 3 is 2.72 bits per heavy atom. The molecule has 10 nitrogen and oxygen atoms in total. The van der Waals surface area contributed by atoms with Gasteiger partial charge in [-0.05, 0) is 28.1 Å². The highest BCUT2D eigenvalue weighted by Crippen LogP contribution is 2.36. The second-order valence-corrected chi connectivity index (χ2v) is 9.57. The smallest absolute Gasteiger partial charge is 0.216 e. The molecule has 3 heterocycles. The summed E-state index contributed by atoms with van der Waals surface area (Å²) in [5, 5.41) is 12.2. The molecule has 168 valence electrons. The Bertz CT molecular complexity index is 1190. The topological polar surface area (TPSA) is 117 Å². The van der Waals surface area contributed by atoms with Gasteiger partial charge in [-0.2, -0.15) is 0 Å². The molecule has 4 atom stereocenters. The molecule has 5 rings (SSSR count). The minimum Gasteiger partial charge on any atom is -0.497 e. The third-order valence-corrected chi connectivity index (χ3v) is 7.07. The average Bonchev–Trinajstić information content (AvgIpc) is 3.51. The van der Waals surface area contributed by atoms with Gasteiger partial charge in [0.1, 0.15) is 24.0 Å². The van der Waals surface area contributed by atoms with Crippen LogP contribution in [0, 0.1) is 0 Å². The first-order valence-electron chi connectivity index (χ1n) is 10.2. The first-order valence-corrected chi connectivity index (χ1v) is 11.9. The van der Waals surface area contributed by atoms with Crippen molar-refractivity contribution in [1.82, 2.24) is 24.9 Å². The number of hydrogen-bond acceptors (Lipinski definition) is 8. The molecule has 0 amide bonds. The molecular formula is C21H23N5O5S. The predicted octanol–water partition coefficient (Wildman–Crippen LogP) is 1.18. The summed E-state index contributed by atoms with van der Waals surface area (Å²) in [6.07, 6.45) is -0.791. The van der Waals surface area contributed by atoms with Gasteiger partial charge in [-0.3, -0.25) is 0 Å². The molecule has 1 N–H and O–H groups in total. The molecule has 3 aromatic rings. The largest absolute Gasteiger partial charge is 0.497 e. The highest BCUT2D eigenvalue weighted by Gasteiger charge is 2.50. The van der Waals surface area contributed by atoms with Gasteiger partial charge in [0.15, 0.2) is 5.82 Å². The van der Waals surface area contributed by atoms with E-state index in [0.717, 1.165) is 11.1 Å². The number of aromatic nitrogens is 4. The second-order valence-electron chi connectivity index (χ2n) is 7.81. The van der Waals surface area contributed by atoms with Crippen LogP contribution in [0.2, 0.25) is 0 Å². The lowest BCUT2D eigenvalue weighted by Crippen LogP contribution is -2.44. The number of ether oxygens (including phenoxy) is 3. The molecule has 0 saturated carbocycles. The van der Waals surface area contributed by atoms with Crippen LogP contribution in [0.5, 0.6) is 5.75 Å². The molecule has 4 unspecified atom stereocenters. The van der Waals surface area contributed by atoms with Crippen LogP contribution in [0.25, 0.3) is 11.4 Å². The first-order chi connectivity index (χ1) is 15.5. The summed E-state index contributed by atoms with van der Waals surface area (Å²) in [7, 11) is -1.96. The number of sulfonamides is 1. The SMILES string of the molecule is COc1cccc(-c2nnnn2C2COC3C(NS(=O)(=O)Cc4ccccc4)COC32)c1. The van der Waals surface area contributed by atoms with Crippen molar-refractivity contribution in [3.05, 3.63) is 60.2 Å². The molecule has 11 heteroatoms. The van der Waals surface area contributed by atoms with Crippen LogP contribution >= 0.6 is 0 Å². The van der Waals surface area contributed by atoms with Gasteiger partial charge in [-0.15, -0.1) is 5.10 Å². The van der Waals surface area contributed by atoms with Gasteiger partial charge in [-0.25, -0.2) is 17.8 Å². The highest BCUT2D eigenvalue weighted by molar-refractivity contribution is 7.88. The van der Waals surface area contributed by atoms with E-state index in [4.69, 9.17) is 14.2 Å². The van der Waals surface area contributed by atoms with Gasteiger partial charge < -0.3 is 14.2 Å². The van der Waals surface area contributed by atoms with Crippen molar-refractivity contribution >= 4 is 10.0 Å². The number of nitrogens with one attached hydrogen (secondary N) is 1. The Labute approximate surface area is 185 Å². The standard InChI is InChI=1S/C21H23N5O5S/c1-29-16-9-5-8-15(10-16)21-22-24-25-26(21)18-12-31-19-17(11-30-20(18)19)23-32(27,28)13-14-6-3-2-4-7-14/h2-10,17-20,23H,11-13H2,1H3. The Morgan fingerprint density at radius 2 is 1.91 bits per heavy atom. The third-order valence-electron chi connectivity index (χ3n) is 5.69. The maximum Gasteiger partial charge on any atom is 0.216 e. The van der Waals surface area contributed by atoms with E-state index in [0.29, 0.717) is 18.2 Å². The van der Waals surface area contributed by atoms with E-state index in [1.54, 1.807) is 23.9 Å². The summed E-state index contributed by atoms with van der Waals surface area (Å²) in [6, 6.07) is 15.8. The zero-order valence-corrected chi connectivity index (χ0v) is 18.2. The fourth-order valence-corrected chi connectivity index (χ4v) is 5.60. The van der Waals surface area contributed by atoms with E-state index in [-0.39, 0.29) is 24.5 Å². The summed E-state index contributed by atoms with van der Waals surface area (Å²) in [4.78, 5) is 0. The Balaban J connectivity index is 1.32. The van der Waals surface area contributed by atoms with Crippen LogP contribution in [-0.2, 0) is 25.2 Å². The Kier molecular flexibility index (Phi) is 5.64. The highest BCUT2D eigenvalue weighted by atomic mass is 32.2. The maximum atomic E-state index is 12.7. The summed E-state index contributed by atoms with van der Waals surface area (Å²) < 4.78 is 47.0. The van der Waals surface area contributed by atoms with Gasteiger partial charge >= 0.3 is 0 Å². The first kappa shape index (κ1) is 21.0. The summed E-state index contributed by atoms with van der Waals surface area (Å²) in [5.74, 6) is 1.16. The minimum atomic E-state index is -3.56. The Morgan fingerprint density at radius 1 is 1.09 bits per heavy atom. The van der Waals surface area contributed by atoms with Crippen molar-refractivity contribution in [3.63, 3.8) is 0 Å². The van der Waals surface area contributed by atoms with Crippen molar-refractivity contribution < 1.29 is 22.6 Å². The molecule has 2 aliphatic rings. The molecule has 2 aliphatic heterocycles. The number of hydrogen-bond donors (Lipinski definition) is 1. The lowest BCUT2D eigenvalue weighted by molar-refractivity contribution is 0.0626. The quantitative estimate of drug-likeness (QED) is 0.562. The fraction of sp³-hybridized carbons (Fsp3) is 0.381. The van der Waals surface area contributed by atoms with Crippen molar-refractivity contribution in [2.75, 3.05) is 20.3 Å². The molecule has 0 bridgehead atoms. The molecule has 2 aromatic carbocycles. The zero-order valence-electron chi connectivity index (χ0n) is 17.4. The molecule has 0 aliphatic carbocycles. The van der Waals surface area contributed by atoms with Crippen molar-refractivity contribution in [1.29, 1.82) is 0 Å². The minimum absolute atomic E-state index is 0.0991. The van der Waals surface area contributed by atoms with Gasteiger partial charge in [0.25, 0.3) is 0 Å². The number of benzene rings is 2. The van der Waals surface area contributed by atoms with Crippen molar-refractivity contribution in [2.24, 2.45) is 0 Å². The summed E-state index contributed by atoms with van der Waals surface area (Å²) in [5.41, 5.74) is 1.52. The lowest BCUT2D eigenvalue weighted by atomic mass is 10.1. The normalized spacial score (nSPS) is 25.0. The Hall–Kier alpha value is -2.86. The molecule has 0 radical (unpaired) electrons. The molecule has 2 fully saturated rings. The van der Waals surface area contributed by atoms with Gasteiger partial charge in [0, 0.05) is 5.56 Å². The van der Waals surface area contributed by atoms with Crippen LogP contribution < -0.4 is 9.46 Å². The molecule has 2 saturated heterocycles. The second kappa shape index (κ2) is 8.58. The van der Waals surface area contributed by atoms with Crippen LogP contribution in [0.3, 0.4) is 0 Å². The number of tetrazole rings is 1. The molecule has 1 aromatic heterocycles. The fourth-order valence-electron chi connectivity index (χ4n) is 4.22. The van der Waals surface area contributed by atoms with E-state index < -0.39 is 22.2 Å². The van der Waals surface area contributed by atoms with Crippen LogP contribution in [0.1, 0.15) is 11.6 Å². The number of rotatable bonds is 7. The monoisotopic (exact) mass is 457 g/mol. The zero-order chi connectivity index (χ0) is 22.1. The van der Waals surface area contributed by atoms with Crippen molar-refractivity contribution in [3.8, 4) is 17.1 Å². The third kappa shape index (κ3) is 4.11. The molecule has 0 spiro atoms. The van der Waals surface area contributed by atoms with Gasteiger partial charge in [-0.1, -0.05) is 42.5 Å². The van der Waals surface area contributed by atoms with Crippen LogP contribution in [0.15, 0.2) is 54.6 Å². The number of nitrogens with zero attached hydrogens (tertiary/aromatic N) is 4. The van der Waals surface area contributed by atoms with Gasteiger partial charge in [0.05, 0.1) is 32.1 Å². The molecule has 32 heavy (non-hydrogen) atoms. The number of fused-ring (bicyclic) bond motifs is 1. The average molecular weight is 458 g/mol. The van der Waals surface area contributed by atoms with E-state index in [9.17, 15) is 8.42 Å². The lowest BCUT2D eigenvalue weighted by Gasteiger charge is -2.18. The van der Waals surface area contributed by atoms with Crippen LogP contribution in [-0.4, -0.2) is 67.2 Å². The predicted molar refractivity (Wildman–Crippen MR) is 114 cm³/mol. The van der Waals surface area contributed by atoms with E-state index in [2.05, 4.69) is 20.2 Å². The number of methoxy groups -OCH3 is 1. The van der Waals surface area contributed by atoms with Crippen molar-refractivity contribution in [2.45, 2.75) is 30.0 Å². The summed E-state index contributed by atoms with van der Waals surface area (Å²) >= 11 is 0. The molecular weight excluding hydrogens is 434 g/mol. The van der Waals surface area contributed by atoms with E-state index in [1.807, 2.05) is 42.5 Å². The van der Waals surface area contributed by atoms with E-state index in [1.165, 1.54) is 0 Å².